The fourth-order valence-corrected chi connectivity index (χ4v) is 2.45. The highest BCUT2D eigenvalue weighted by Gasteiger charge is 2.40. The van der Waals surface area contributed by atoms with Crippen molar-refractivity contribution in [2.45, 2.75) is 24.9 Å². The van der Waals surface area contributed by atoms with Crippen LogP contribution in [0, 0.1) is 0 Å². The van der Waals surface area contributed by atoms with Gasteiger partial charge < -0.3 is 14.6 Å². The highest BCUT2D eigenvalue weighted by molar-refractivity contribution is 5.91. The third-order valence-electron chi connectivity index (χ3n) is 3.36. The molecule has 4 heteroatoms. The highest BCUT2D eigenvalue weighted by atomic mass is 16.3. The zero-order valence-electron chi connectivity index (χ0n) is 8.48. The summed E-state index contributed by atoms with van der Waals surface area (Å²) in [7, 11) is 0. The summed E-state index contributed by atoms with van der Waals surface area (Å²) in [5, 5.41) is 3.35. The number of carbonyl (C=O) groups is 1. The molecule has 2 atom stereocenters. The molecule has 3 rings (SSSR count). The normalized spacial score (nSPS) is 29.5. The van der Waals surface area contributed by atoms with Gasteiger partial charge in [0.25, 0.3) is 5.91 Å². The summed E-state index contributed by atoms with van der Waals surface area (Å²) in [4.78, 5) is 14.0. The fraction of sp³-hybridized carbons (Fsp3) is 0.545. The summed E-state index contributed by atoms with van der Waals surface area (Å²) in [6.45, 7) is 1.79. The van der Waals surface area contributed by atoms with Crippen LogP contribution in [0.25, 0.3) is 0 Å². The Morgan fingerprint density at radius 2 is 2.53 bits per heavy atom. The molecule has 4 nitrogen and oxygen atoms in total. The molecular formula is C11H14N2O2. The molecule has 15 heavy (non-hydrogen) atoms. The molecular weight excluding hydrogens is 192 g/mol. The lowest BCUT2D eigenvalue weighted by molar-refractivity contribution is 0.0338. The van der Waals surface area contributed by atoms with E-state index in [1.54, 1.807) is 18.4 Å². The van der Waals surface area contributed by atoms with Crippen LogP contribution in [-0.4, -0.2) is 36.0 Å². The smallest absolute Gasteiger partial charge is 0.289 e. The van der Waals surface area contributed by atoms with E-state index in [9.17, 15) is 4.79 Å². The van der Waals surface area contributed by atoms with E-state index in [4.69, 9.17) is 4.42 Å². The highest BCUT2D eigenvalue weighted by Crippen LogP contribution is 2.25. The third-order valence-corrected chi connectivity index (χ3v) is 3.36. The SMILES string of the molecule is O=C(c1ccco1)N1CCCC2NCC21. The number of furan rings is 1. The second kappa shape index (κ2) is 3.38. The number of hydrogen-bond donors (Lipinski definition) is 1. The van der Waals surface area contributed by atoms with E-state index in [-0.39, 0.29) is 5.91 Å². The number of piperidine rings is 1. The summed E-state index contributed by atoms with van der Waals surface area (Å²) >= 11 is 0. The largest absolute Gasteiger partial charge is 0.459 e. The van der Waals surface area contributed by atoms with Gasteiger partial charge in [-0.25, -0.2) is 0 Å². The first-order chi connectivity index (χ1) is 7.36. The summed E-state index contributed by atoms with van der Waals surface area (Å²) in [5.74, 6) is 0.499. The van der Waals surface area contributed by atoms with Crippen molar-refractivity contribution in [2.24, 2.45) is 0 Å². The van der Waals surface area contributed by atoms with Gasteiger partial charge in [0.05, 0.1) is 12.3 Å². The maximum absolute atomic E-state index is 12.1. The van der Waals surface area contributed by atoms with E-state index < -0.39 is 0 Å². The lowest BCUT2D eigenvalue weighted by Crippen LogP contribution is -2.68. The molecule has 80 valence electrons. The predicted octanol–water partition coefficient (Wildman–Crippen LogP) is 0.856. The number of nitrogens with one attached hydrogen (secondary N) is 1. The Bertz CT molecular complexity index is 361. The molecule has 0 aromatic carbocycles. The second-order valence-electron chi connectivity index (χ2n) is 4.20. The molecule has 0 saturated carbocycles. The van der Waals surface area contributed by atoms with Gasteiger partial charge in [-0.1, -0.05) is 0 Å². The Kier molecular flexibility index (Phi) is 2.02. The van der Waals surface area contributed by atoms with Crippen LogP contribution in [0.3, 0.4) is 0 Å². The van der Waals surface area contributed by atoms with Crippen LogP contribution in [0.2, 0.25) is 0 Å². The number of carbonyl (C=O) groups excluding carboxylic acids is 1. The monoisotopic (exact) mass is 206 g/mol. The summed E-state index contributed by atoms with van der Waals surface area (Å²) < 4.78 is 5.14. The Morgan fingerprint density at radius 3 is 3.20 bits per heavy atom. The number of fused-ring (bicyclic) bond motifs is 1. The average Bonchev–Trinajstić information content (AvgIpc) is 2.71. The molecule has 0 aliphatic carbocycles. The van der Waals surface area contributed by atoms with Crippen molar-refractivity contribution in [2.75, 3.05) is 13.1 Å². The molecule has 0 radical (unpaired) electrons. The zero-order valence-corrected chi connectivity index (χ0v) is 8.48. The predicted molar refractivity (Wildman–Crippen MR) is 54.6 cm³/mol. The van der Waals surface area contributed by atoms with Crippen molar-refractivity contribution in [1.82, 2.24) is 10.2 Å². The Hall–Kier alpha value is -1.29. The van der Waals surface area contributed by atoms with Crippen LogP contribution in [0.4, 0.5) is 0 Å². The van der Waals surface area contributed by atoms with Crippen molar-refractivity contribution in [1.29, 1.82) is 0 Å². The van der Waals surface area contributed by atoms with Crippen LogP contribution in [0.15, 0.2) is 22.8 Å². The first kappa shape index (κ1) is 8.97. The van der Waals surface area contributed by atoms with Crippen molar-refractivity contribution < 1.29 is 9.21 Å². The zero-order chi connectivity index (χ0) is 10.3. The van der Waals surface area contributed by atoms with Gasteiger partial charge in [0.1, 0.15) is 0 Å². The summed E-state index contributed by atoms with van der Waals surface area (Å²) in [6.07, 6.45) is 3.82. The van der Waals surface area contributed by atoms with Crippen LogP contribution < -0.4 is 5.32 Å². The lowest BCUT2D eigenvalue weighted by atomic mass is 9.89. The van der Waals surface area contributed by atoms with Crippen LogP contribution in [-0.2, 0) is 0 Å². The molecule has 0 spiro atoms. The Labute approximate surface area is 88.2 Å². The molecule has 1 amide bonds. The van der Waals surface area contributed by atoms with E-state index in [1.165, 1.54) is 6.42 Å². The maximum atomic E-state index is 12.1. The number of hydrogen-bond acceptors (Lipinski definition) is 3. The fourth-order valence-electron chi connectivity index (χ4n) is 2.45. The number of amides is 1. The average molecular weight is 206 g/mol. The first-order valence-electron chi connectivity index (χ1n) is 5.44. The second-order valence-corrected chi connectivity index (χ2v) is 4.20. The van der Waals surface area contributed by atoms with Crippen molar-refractivity contribution in [3.8, 4) is 0 Å². The van der Waals surface area contributed by atoms with Crippen molar-refractivity contribution >= 4 is 5.91 Å². The van der Waals surface area contributed by atoms with Crippen molar-refractivity contribution in [3.63, 3.8) is 0 Å². The number of rotatable bonds is 1. The van der Waals surface area contributed by atoms with Gasteiger partial charge in [-0.15, -0.1) is 0 Å². The summed E-state index contributed by atoms with van der Waals surface area (Å²) in [5.41, 5.74) is 0. The Balaban J connectivity index is 1.78. The van der Waals surface area contributed by atoms with E-state index in [1.807, 2.05) is 4.90 Å². The van der Waals surface area contributed by atoms with E-state index in [0.717, 1.165) is 19.5 Å². The first-order valence-corrected chi connectivity index (χ1v) is 5.44. The molecule has 2 unspecified atom stereocenters. The van der Waals surface area contributed by atoms with Crippen LogP contribution >= 0.6 is 0 Å². The molecule has 2 saturated heterocycles. The van der Waals surface area contributed by atoms with Gasteiger partial charge in [-0.2, -0.15) is 0 Å². The molecule has 2 fully saturated rings. The minimum atomic E-state index is 0.0381. The molecule has 0 bridgehead atoms. The van der Waals surface area contributed by atoms with Gasteiger partial charge in [-0.3, -0.25) is 4.79 Å². The standard InChI is InChI=1S/C11H14N2O2/c14-11(10-4-2-6-15-10)13-5-1-3-8-9(13)7-12-8/h2,4,6,8-9,12H,1,3,5,7H2. The van der Waals surface area contributed by atoms with Gasteiger partial charge in [0.2, 0.25) is 0 Å². The Morgan fingerprint density at radius 1 is 1.60 bits per heavy atom. The van der Waals surface area contributed by atoms with Gasteiger partial charge in [0, 0.05) is 19.1 Å². The molecule has 2 aliphatic heterocycles. The molecule has 1 aromatic rings. The minimum absolute atomic E-state index is 0.0381. The van der Waals surface area contributed by atoms with Crippen molar-refractivity contribution in [3.05, 3.63) is 24.2 Å². The molecule has 1 N–H and O–H groups in total. The third kappa shape index (κ3) is 1.36. The summed E-state index contributed by atoms with van der Waals surface area (Å²) in [6, 6.07) is 4.39. The minimum Gasteiger partial charge on any atom is -0.459 e. The number of likely N-dealkylation sites (tertiary alicyclic amines) is 1. The topological polar surface area (TPSA) is 45.5 Å². The van der Waals surface area contributed by atoms with E-state index in [0.29, 0.717) is 17.8 Å². The molecule has 2 aliphatic rings. The van der Waals surface area contributed by atoms with Gasteiger partial charge in [-0.05, 0) is 25.0 Å². The van der Waals surface area contributed by atoms with E-state index in [2.05, 4.69) is 5.32 Å². The van der Waals surface area contributed by atoms with Crippen LogP contribution in [0.5, 0.6) is 0 Å². The molecule has 1 aromatic heterocycles. The quantitative estimate of drug-likeness (QED) is 0.741. The maximum Gasteiger partial charge on any atom is 0.289 e. The lowest BCUT2D eigenvalue weighted by Gasteiger charge is -2.48. The molecule has 3 heterocycles. The van der Waals surface area contributed by atoms with Gasteiger partial charge >= 0.3 is 0 Å². The van der Waals surface area contributed by atoms with Crippen LogP contribution in [0.1, 0.15) is 23.4 Å². The van der Waals surface area contributed by atoms with Gasteiger partial charge in [0.15, 0.2) is 5.76 Å². The van der Waals surface area contributed by atoms with E-state index >= 15 is 0 Å². The number of nitrogens with zero attached hydrogens (tertiary/aromatic N) is 1.